The summed E-state index contributed by atoms with van der Waals surface area (Å²) in [6.45, 7) is 5.64. The van der Waals surface area contributed by atoms with Crippen molar-refractivity contribution in [3.63, 3.8) is 0 Å². The van der Waals surface area contributed by atoms with Crippen LogP contribution in [0.25, 0.3) is 0 Å². The predicted octanol–water partition coefficient (Wildman–Crippen LogP) is 4.24. The van der Waals surface area contributed by atoms with E-state index in [1.807, 2.05) is 49.4 Å². The van der Waals surface area contributed by atoms with Gasteiger partial charge in [-0.1, -0.05) is 42.2 Å². The summed E-state index contributed by atoms with van der Waals surface area (Å²) < 4.78 is 5.20. The highest BCUT2D eigenvalue weighted by Gasteiger charge is 2.12. The number of benzene rings is 2. The van der Waals surface area contributed by atoms with Gasteiger partial charge in [0.1, 0.15) is 5.75 Å². The van der Waals surface area contributed by atoms with Crippen molar-refractivity contribution in [3.05, 3.63) is 77.4 Å². The second kappa shape index (κ2) is 7.28. The maximum absolute atomic E-state index is 12.4. The highest BCUT2D eigenvalue weighted by molar-refractivity contribution is 6.00. The highest BCUT2D eigenvalue weighted by atomic mass is 16.5. The van der Waals surface area contributed by atoms with Crippen LogP contribution in [0.5, 0.6) is 5.75 Å². The minimum atomic E-state index is 0.00348. The van der Waals surface area contributed by atoms with Gasteiger partial charge >= 0.3 is 0 Å². The number of methoxy groups -OCH3 is 1. The largest absolute Gasteiger partial charge is 0.497 e. The molecule has 22 heavy (non-hydrogen) atoms. The molecule has 2 rings (SSSR count). The molecular formula is C20H18O2. The zero-order valence-corrected chi connectivity index (χ0v) is 12.8. The van der Waals surface area contributed by atoms with Gasteiger partial charge in [0, 0.05) is 23.1 Å². The first kappa shape index (κ1) is 15.6. The van der Waals surface area contributed by atoms with E-state index < -0.39 is 0 Å². The van der Waals surface area contributed by atoms with Gasteiger partial charge in [-0.15, -0.1) is 0 Å². The quantitative estimate of drug-likeness (QED) is 0.478. The van der Waals surface area contributed by atoms with Gasteiger partial charge in [-0.2, -0.15) is 0 Å². The van der Waals surface area contributed by atoms with E-state index in [0.717, 1.165) is 11.1 Å². The number of carbonyl (C=O) groups is 1. The molecule has 0 aliphatic heterocycles. The fourth-order valence-electron chi connectivity index (χ4n) is 2.02. The molecule has 0 spiro atoms. The first-order valence-corrected chi connectivity index (χ1v) is 7.03. The minimum absolute atomic E-state index is 0.00348. The summed E-state index contributed by atoms with van der Waals surface area (Å²) in [7, 11) is 1.58. The number of ketones is 1. The summed E-state index contributed by atoms with van der Waals surface area (Å²) in [5.41, 5.74) is 3.02. The van der Waals surface area contributed by atoms with Gasteiger partial charge in [0.05, 0.1) is 7.11 Å². The molecular weight excluding hydrogens is 272 g/mol. The van der Waals surface area contributed by atoms with Crippen molar-refractivity contribution in [1.29, 1.82) is 0 Å². The Bertz CT molecular complexity index is 746. The second-order valence-electron chi connectivity index (χ2n) is 5.08. The van der Waals surface area contributed by atoms with E-state index >= 15 is 0 Å². The third-order valence-electron chi connectivity index (χ3n) is 3.10. The monoisotopic (exact) mass is 290 g/mol. The third kappa shape index (κ3) is 4.10. The molecule has 0 fully saturated rings. The van der Waals surface area contributed by atoms with E-state index in [1.54, 1.807) is 13.2 Å². The van der Waals surface area contributed by atoms with E-state index in [1.165, 1.54) is 0 Å². The highest BCUT2D eigenvalue weighted by Crippen LogP contribution is 2.20. The first-order chi connectivity index (χ1) is 10.6. The van der Waals surface area contributed by atoms with Crippen LogP contribution in [-0.2, 0) is 0 Å². The van der Waals surface area contributed by atoms with E-state index in [2.05, 4.69) is 18.4 Å². The third-order valence-corrected chi connectivity index (χ3v) is 3.10. The molecule has 0 aromatic heterocycles. The topological polar surface area (TPSA) is 26.3 Å². The van der Waals surface area contributed by atoms with Crippen LogP contribution in [0.3, 0.4) is 0 Å². The van der Waals surface area contributed by atoms with Gasteiger partial charge in [-0.25, -0.2) is 0 Å². The number of rotatable bonds is 4. The molecule has 0 aliphatic carbocycles. The number of allylic oxidation sites excluding steroid dienone is 1. The Hall–Kier alpha value is -2.79. The van der Waals surface area contributed by atoms with Crippen LogP contribution in [-0.4, -0.2) is 12.9 Å². The van der Waals surface area contributed by atoms with Crippen molar-refractivity contribution in [2.75, 3.05) is 7.11 Å². The molecule has 0 saturated heterocycles. The molecule has 0 bridgehead atoms. The molecule has 2 aromatic carbocycles. The van der Waals surface area contributed by atoms with Crippen LogP contribution < -0.4 is 4.74 Å². The zero-order valence-electron chi connectivity index (χ0n) is 12.8. The Morgan fingerprint density at radius 1 is 1.14 bits per heavy atom. The van der Waals surface area contributed by atoms with Gasteiger partial charge < -0.3 is 4.74 Å². The summed E-state index contributed by atoms with van der Waals surface area (Å²) in [5.74, 6) is 6.81. The van der Waals surface area contributed by atoms with Crippen molar-refractivity contribution < 1.29 is 9.53 Å². The fraction of sp³-hybridized carbons (Fsp3) is 0.150. The summed E-state index contributed by atoms with van der Waals surface area (Å²) in [5, 5.41) is 0. The lowest BCUT2D eigenvalue weighted by molar-refractivity contribution is 0.0992. The van der Waals surface area contributed by atoms with E-state index in [-0.39, 0.29) is 5.78 Å². The molecule has 2 nitrogen and oxygen atoms in total. The maximum Gasteiger partial charge on any atom is 0.168 e. The number of ether oxygens (including phenoxy) is 1. The van der Waals surface area contributed by atoms with Crippen LogP contribution >= 0.6 is 0 Å². The maximum atomic E-state index is 12.4. The molecule has 0 saturated carbocycles. The fourth-order valence-corrected chi connectivity index (χ4v) is 2.02. The van der Waals surface area contributed by atoms with Gasteiger partial charge in [0.15, 0.2) is 5.78 Å². The SMILES string of the molecule is C=C(C)CC(=O)c1cc(OC)ccc1C#Cc1ccccc1. The van der Waals surface area contributed by atoms with Crippen molar-refractivity contribution >= 4 is 5.78 Å². The normalized spacial score (nSPS) is 9.55. The van der Waals surface area contributed by atoms with Crippen molar-refractivity contribution in [2.24, 2.45) is 0 Å². The first-order valence-electron chi connectivity index (χ1n) is 7.03. The summed E-state index contributed by atoms with van der Waals surface area (Å²) >= 11 is 0. The molecule has 110 valence electrons. The average molecular weight is 290 g/mol. The zero-order chi connectivity index (χ0) is 15.9. The number of hydrogen-bond donors (Lipinski definition) is 0. The molecule has 0 amide bonds. The molecule has 0 radical (unpaired) electrons. The van der Waals surface area contributed by atoms with Gasteiger partial charge in [0.25, 0.3) is 0 Å². The summed E-state index contributed by atoms with van der Waals surface area (Å²) in [4.78, 5) is 12.4. The summed E-state index contributed by atoms with van der Waals surface area (Å²) in [6.07, 6.45) is 0.313. The lowest BCUT2D eigenvalue weighted by Crippen LogP contribution is -2.03. The molecule has 0 N–H and O–H groups in total. The van der Waals surface area contributed by atoms with E-state index in [9.17, 15) is 4.79 Å². The smallest absolute Gasteiger partial charge is 0.168 e. The number of hydrogen-bond acceptors (Lipinski definition) is 2. The predicted molar refractivity (Wildman–Crippen MR) is 89.2 cm³/mol. The molecule has 0 unspecified atom stereocenters. The Kier molecular flexibility index (Phi) is 5.16. The molecule has 0 heterocycles. The summed E-state index contributed by atoms with van der Waals surface area (Å²) in [6, 6.07) is 15.1. The number of carbonyl (C=O) groups excluding carboxylic acids is 1. The lowest BCUT2D eigenvalue weighted by atomic mass is 9.99. The van der Waals surface area contributed by atoms with E-state index in [0.29, 0.717) is 23.3 Å². The Morgan fingerprint density at radius 3 is 2.50 bits per heavy atom. The average Bonchev–Trinajstić information content (AvgIpc) is 2.53. The van der Waals surface area contributed by atoms with Crippen LogP contribution in [0.15, 0.2) is 60.7 Å². The molecule has 2 aromatic rings. The molecule has 2 heteroatoms. The van der Waals surface area contributed by atoms with Gasteiger partial charge in [-0.05, 0) is 37.3 Å². The van der Waals surface area contributed by atoms with E-state index in [4.69, 9.17) is 4.74 Å². The van der Waals surface area contributed by atoms with Gasteiger partial charge in [-0.3, -0.25) is 4.79 Å². The van der Waals surface area contributed by atoms with Gasteiger partial charge in [0.2, 0.25) is 0 Å². The lowest BCUT2D eigenvalue weighted by Gasteiger charge is -2.07. The molecule has 0 atom stereocenters. The standard InChI is InChI=1S/C20H18O2/c1-15(2)13-20(21)19-14-18(22-3)12-11-17(19)10-9-16-7-5-4-6-8-16/h4-8,11-12,14H,1,13H2,2-3H3. The van der Waals surface area contributed by atoms with Crippen LogP contribution in [0.1, 0.15) is 34.8 Å². The Balaban J connectivity index is 2.40. The Morgan fingerprint density at radius 2 is 1.86 bits per heavy atom. The minimum Gasteiger partial charge on any atom is -0.497 e. The van der Waals surface area contributed by atoms with Crippen LogP contribution in [0.4, 0.5) is 0 Å². The molecule has 0 aliphatic rings. The van der Waals surface area contributed by atoms with Crippen molar-refractivity contribution in [1.82, 2.24) is 0 Å². The number of Topliss-reactive ketones (excluding diaryl/α,β-unsaturated/α-hetero) is 1. The van der Waals surface area contributed by atoms with Crippen molar-refractivity contribution in [3.8, 4) is 17.6 Å². The van der Waals surface area contributed by atoms with Crippen LogP contribution in [0.2, 0.25) is 0 Å². The second-order valence-corrected chi connectivity index (χ2v) is 5.08. The van der Waals surface area contributed by atoms with Crippen molar-refractivity contribution in [2.45, 2.75) is 13.3 Å². The van der Waals surface area contributed by atoms with Crippen LogP contribution in [0, 0.1) is 11.8 Å². The Labute approximate surface area is 131 Å².